The average Bonchev–Trinajstić information content (AvgIpc) is 3.08. The van der Waals surface area contributed by atoms with Crippen LogP contribution in [0, 0.1) is 12.8 Å². The van der Waals surface area contributed by atoms with Crippen molar-refractivity contribution < 1.29 is 0 Å². The molecule has 2 N–H and O–H groups in total. The highest BCUT2D eigenvalue weighted by Crippen LogP contribution is 2.32. The SMILES string of the molecule is Cc1ccc(CNC2CCCC2C2CCCN2)cc1. The molecule has 3 rings (SSSR count). The summed E-state index contributed by atoms with van der Waals surface area (Å²) >= 11 is 0. The Morgan fingerprint density at radius 2 is 1.95 bits per heavy atom. The van der Waals surface area contributed by atoms with Crippen LogP contribution in [-0.2, 0) is 6.54 Å². The van der Waals surface area contributed by atoms with Crippen LogP contribution in [0.25, 0.3) is 0 Å². The molecule has 104 valence electrons. The monoisotopic (exact) mass is 258 g/mol. The van der Waals surface area contributed by atoms with Crippen LogP contribution in [0.15, 0.2) is 24.3 Å². The summed E-state index contributed by atoms with van der Waals surface area (Å²) in [6.07, 6.45) is 6.91. The van der Waals surface area contributed by atoms with Gasteiger partial charge < -0.3 is 10.6 Å². The van der Waals surface area contributed by atoms with Gasteiger partial charge in [0.25, 0.3) is 0 Å². The summed E-state index contributed by atoms with van der Waals surface area (Å²) in [5.41, 5.74) is 2.76. The van der Waals surface area contributed by atoms with Crippen molar-refractivity contribution in [3.8, 4) is 0 Å². The van der Waals surface area contributed by atoms with Crippen LogP contribution in [0.4, 0.5) is 0 Å². The van der Waals surface area contributed by atoms with Gasteiger partial charge in [0.05, 0.1) is 0 Å². The van der Waals surface area contributed by atoms with Crippen LogP contribution >= 0.6 is 0 Å². The predicted octanol–water partition coefficient (Wildman–Crippen LogP) is 3.01. The van der Waals surface area contributed by atoms with E-state index in [1.807, 2.05) is 0 Å². The van der Waals surface area contributed by atoms with Crippen LogP contribution in [-0.4, -0.2) is 18.6 Å². The summed E-state index contributed by atoms with van der Waals surface area (Å²) in [7, 11) is 0. The third kappa shape index (κ3) is 3.18. The molecule has 2 fully saturated rings. The minimum atomic E-state index is 0.719. The maximum atomic E-state index is 3.80. The molecular weight excluding hydrogens is 232 g/mol. The van der Waals surface area contributed by atoms with Gasteiger partial charge in [0.1, 0.15) is 0 Å². The standard InChI is InChI=1S/C17H26N2/c1-13-7-9-14(10-8-13)12-19-17-5-2-4-15(17)16-6-3-11-18-16/h7-10,15-19H,2-6,11-12H2,1H3. The predicted molar refractivity (Wildman–Crippen MR) is 80.2 cm³/mol. The molecule has 1 aromatic rings. The molecule has 1 aromatic carbocycles. The van der Waals surface area contributed by atoms with E-state index in [0.717, 1.165) is 24.5 Å². The number of hydrogen-bond donors (Lipinski definition) is 2. The molecule has 0 bridgehead atoms. The molecule has 0 amide bonds. The normalized spacial score (nSPS) is 30.9. The molecule has 19 heavy (non-hydrogen) atoms. The Labute approximate surface area is 117 Å². The Morgan fingerprint density at radius 3 is 2.68 bits per heavy atom. The van der Waals surface area contributed by atoms with Gasteiger partial charge >= 0.3 is 0 Å². The molecule has 1 saturated carbocycles. The number of nitrogens with one attached hydrogen (secondary N) is 2. The quantitative estimate of drug-likeness (QED) is 0.867. The van der Waals surface area contributed by atoms with E-state index in [0.29, 0.717) is 0 Å². The van der Waals surface area contributed by atoms with Gasteiger partial charge in [0.15, 0.2) is 0 Å². The van der Waals surface area contributed by atoms with Crippen LogP contribution in [0.2, 0.25) is 0 Å². The Morgan fingerprint density at radius 1 is 1.11 bits per heavy atom. The lowest BCUT2D eigenvalue weighted by atomic mass is 9.93. The first-order chi connectivity index (χ1) is 9.33. The average molecular weight is 258 g/mol. The van der Waals surface area contributed by atoms with Crippen LogP contribution < -0.4 is 10.6 Å². The van der Waals surface area contributed by atoms with Gasteiger partial charge in [-0.3, -0.25) is 0 Å². The lowest BCUT2D eigenvalue weighted by Gasteiger charge is -2.26. The summed E-state index contributed by atoms with van der Waals surface area (Å²) < 4.78 is 0. The molecule has 2 heteroatoms. The third-order valence-corrected chi connectivity index (χ3v) is 4.87. The van der Waals surface area contributed by atoms with E-state index in [9.17, 15) is 0 Å². The van der Waals surface area contributed by atoms with Gasteiger partial charge in [0.2, 0.25) is 0 Å². The van der Waals surface area contributed by atoms with Crippen molar-refractivity contribution in [3.63, 3.8) is 0 Å². The topological polar surface area (TPSA) is 24.1 Å². The lowest BCUT2D eigenvalue weighted by molar-refractivity contribution is 0.320. The van der Waals surface area contributed by atoms with Gasteiger partial charge in [-0.2, -0.15) is 0 Å². The maximum Gasteiger partial charge on any atom is 0.0208 e. The van der Waals surface area contributed by atoms with Crippen molar-refractivity contribution in [1.82, 2.24) is 10.6 Å². The fraction of sp³-hybridized carbons (Fsp3) is 0.647. The molecule has 1 saturated heterocycles. The second kappa shape index (κ2) is 6.06. The molecule has 1 heterocycles. The van der Waals surface area contributed by atoms with Gasteiger partial charge in [-0.05, 0) is 50.6 Å². The number of benzene rings is 1. The minimum Gasteiger partial charge on any atom is -0.314 e. The molecule has 0 radical (unpaired) electrons. The van der Waals surface area contributed by atoms with Crippen molar-refractivity contribution in [1.29, 1.82) is 0 Å². The molecule has 1 aliphatic carbocycles. The van der Waals surface area contributed by atoms with E-state index in [1.165, 1.54) is 49.8 Å². The second-order valence-electron chi connectivity index (χ2n) is 6.27. The highest BCUT2D eigenvalue weighted by atomic mass is 15.0. The highest BCUT2D eigenvalue weighted by molar-refractivity contribution is 5.21. The fourth-order valence-corrected chi connectivity index (χ4v) is 3.76. The van der Waals surface area contributed by atoms with Crippen molar-refractivity contribution >= 4 is 0 Å². The van der Waals surface area contributed by atoms with E-state index >= 15 is 0 Å². The van der Waals surface area contributed by atoms with E-state index in [-0.39, 0.29) is 0 Å². The largest absolute Gasteiger partial charge is 0.314 e. The van der Waals surface area contributed by atoms with E-state index < -0.39 is 0 Å². The van der Waals surface area contributed by atoms with Gasteiger partial charge in [-0.1, -0.05) is 36.2 Å². The zero-order valence-electron chi connectivity index (χ0n) is 12.0. The highest BCUT2D eigenvalue weighted by Gasteiger charge is 2.34. The number of aryl methyl sites for hydroxylation is 1. The molecule has 0 aromatic heterocycles. The Kier molecular flexibility index (Phi) is 4.19. The number of rotatable bonds is 4. The summed E-state index contributed by atoms with van der Waals surface area (Å²) in [5, 5.41) is 7.50. The van der Waals surface area contributed by atoms with Crippen molar-refractivity contribution in [3.05, 3.63) is 35.4 Å². The molecule has 2 aliphatic rings. The summed E-state index contributed by atoms with van der Waals surface area (Å²) in [4.78, 5) is 0. The molecule has 3 atom stereocenters. The third-order valence-electron chi connectivity index (χ3n) is 4.87. The summed E-state index contributed by atoms with van der Waals surface area (Å²) in [6.45, 7) is 4.40. The van der Waals surface area contributed by atoms with Crippen molar-refractivity contribution in [2.24, 2.45) is 5.92 Å². The second-order valence-corrected chi connectivity index (χ2v) is 6.27. The minimum absolute atomic E-state index is 0.719. The molecule has 0 spiro atoms. The van der Waals surface area contributed by atoms with Crippen LogP contribution in [0.1, 0.15) is 43.2 Å². The first-order valence-corrected chi connectivity index (χ1v) is 7.85. The maximum absolute atomic E-state index is 3.80. The van der Waals surface area contributed by atoms with Gasteiger partial charge in [-0.25, -0.2) is 0 Å². The smallest absolute Gasteiger partial charge is 0.0208 e. The zero-order valence-corrected chi connectivity index (χ0v) is 12.0. The van der Waals surface area contributed by atoms with Crippen LogP contribution in [0.3, 0.4) is 0 Å². The van der Waals surface area contributed by atoms with Gasteiger partial charge in [0, 0.05) is 18.6 Å². The van der Waals surface area contributed by atoms with E-state index in [4.69, 9.17) is 0 Å². The van der Waals surface area contributed by atoms with Crippen LogP contribution in [0.5, 0.6) is 0 Å². The Bertz CT molecular complexity index is 392. The fourth-order valence-electron chi connectivity index (χ4n) is 3.76. The first-order valence-electron chi connectivity index (χ1n) is 7.85. The van der Waals surface area contributed by atoms with Gasteiger partial charge in [-0.15, -0.1) is 0 Å². The zero-order chi connectivity index (χ0) is 13.1. The molecular formula is C17H26N2. The summed E-state index contributed by atoms with van der Waals surface area (Å²) in [5.74, 6) is 0.855. The first kappa shape index (κ1) is 13.1. The molecule has 3 unspecified atom stereocenters. The van der Waals surface area contributed by atoms with E-state index in [2.05, 4.69) is 41.8 Å². The van der Waals surface area contributed by atoms with Crippen molar-refractivity contribution in [2.45, 2.75) is 57.7 Å². The van der Waals surface area contributed by atoms with E-state index in [1.54, 1.807) is 0 Å². The lowest BCUT2D eigenvalue weighted by Crippen LogP contribution is -2.41. The molecule has 1 aliphatic heterocycles. The Hall–Kier alpha value is -0.860. The summed E-state index contributed by atoms with van der Waals surface area (Å²) in [6, 6.07) is 10.4. The number of hydrogen-bond acceptors (Lipinski definition) is 2. The molecule has 2 nitrogen and oxygen atoms in total. The Balaban J connectivity index is 1.55. The van der Waals surface area contributed by atoms with Crippen molar-refractivity contribution in [2.75, 3.05) is 6.54 Å².